The summed E-state index contributed by atoms with van der Waals surface area (Å²) in [6, 6.07) is 9.04. The van der Waals surface area contributed by atoms with Crippen molar-refractivity contribution in [3.05, 3.63) is 76.7 Å². The molecule has 1 saturated heterocycles. The molecule has 1 unspecified atom stereocenters. The number of allylic oxidation sites excluding steroid dienone is 2. The van der Waals surface area contributed by atoms with Crippen LogP contribution in [0.1, 0.15) is 34.8 Å². The van der Waals surface area contributed by atoms with Crippen molar-refractivity contribution in [2.45, 2.75) is 18.9 Å². The first kappa shape index (κ1) is 25.0. The highest BCUT2D eigenvalue weighted by Gasteiger charge is 2.32. The summed E-state index contributed by atoms with van der Waals surface area (Å²) in [5.74, 6) is -0.763. The van der Waals surface area contributed by atoms with Crippen LogP contribution in [0.3, 0.4) is 0 Å². The van der Waals surface area contributed by atoms with Crippen LogP contribution in [0.5, 0.6) is 5.75 Å². The number of carbonyl (C=O) groups excluding carboxylic acids is 2. The number of carbonyl (C=O) groups is 2. The largest absolute Gasteiger partial charge is 0.497 e. The minimum absolute atomic E-state index is 0.0373. The lowest BCUT2D eigenvalue weighted by Gasteiger charge is -2.41. The van der Waals surface area contributed by atoms with Gasteiger partial charge in [0.05, 0.1) is 36.6 Å². The van der Waals surface area contributed by atoms with Crippen molar-refractivity contribution in [2.75, 3.05) is 43.9 Å². The highest BCUT2D eigenvalue weighted by atomic mass is 35.5. The second-order valence-corrected chi connectivity index (χ2v) is 9.52. The number of hydrogen-bond acceptors (Lipinski definition) is 5. The Bertz CT molecular complexity index is 1320. The molecule has 0 bridgehead atoms. The molecular weight excluding hydrogens is 497 g/mol. The highest BCUT2D eigenvalue weighted by Crippen LogP contribution is 2.33. The summed E-state index contributed by atoms with van der Waals surface area (Å²) in [5, 5.41) is 5.99. The molecule has 3 aliphatic heterocycles. The lowest BCUT2D eigenvalue weighted by Crippen LogP contribution is -2.45. The zero-order chi connectivity index (χ0) is 25.9. The van der Waals surface area contributed by atoms with Gasteiger partial charge in [-0.2, -0.15) is 0 Å². The van der Waals surface area contributed by atoms with Crippen LogP contribution < -0.4 is 15.4 Å². The normalized spacial score (nSPS) is 17.6. The van der Waals surface area contributed by atoms with Crippen LogP contribution >= 0.6 is 11.6 Å². The second-order valence-electron chi connectivity index (χ2n) is 9.03. The first-order valence-electron chi connectivity index (χ1n) is 12.1. The highest BCUT2D eigenvalue weighted by molar-refractivity contribution is 6.30. The molecule has 1 fully saturated rings. The molecule has 3 aliphatic rings. The number of hydrogen-bond donors (Lipinski definition) is 2. The number of halogens is 2. The molecular formula is C27H27ClFN5O3. The Kier molecular flexibility index (Phi) is 7.25. The second kappa shape index (κ2) is 10.7. The number of methoxy groups -OCH3 is 1. The third kappa shape index (κ3) is 5.38. The van der Waals surface area contributed by atoms with Gasteiger partial charge in [0.25, 0.3) is 5.91 Å². The standard InChI is InChI=1S/C27H27ClFN5O3/c1-37-19-6-8-22(24(15-19)32-27(36)34-11-2-4-18(28)16-34)31-26(35)20-7-5-17(14-21(20)29)25(23-9-10-30-23)33-12-3-13-33/h2,4-8,11,14-15,25H,3,9-10,12-13,16H2,1H3,(H,31,35)(H,32,36). The van der Waals surface area contributed by atoms with Crippen LogP contribution in [0.4, 0.5) is 20.6 Å². The van der Waals surface area contributed by atoms with Gasteiger partial charge in [0.2, 0.25) is 0 Å². The molecule has 0 saturated carbocycles. The average Bonchev–Trinajstić information content (AvgIpc) is 2.82. The van der Waals surface area contributed by atoms with Crippen molar-refractivity contribution in [3.8, 4) is 5.75 Å². The molecule has 8 nitrogen and oxygen atoms in total. The van der Waals surface area contributed by atoms with Crippen molar-refractivity contribution < 1.29 is 18.7 Å². The first-order valence-corrected chi connectivity index (χ1v) is 12.5. The van der Waals surface area contributed by atoms with Gasteiger partial charge in [-0.3, -0.25) is 19.6 Å². The molecule has 0 spiro atoms. The molecule has 192 valence electrons. The maximum absolute atomic E-state index is 15.2. The van der Waals surface area contributed by atoms with E-state index in [1.807, 2.05) is 0 Å². The summed E-state index contributed by atoms with van der Waals surface area (Å²) < 4.78 is 20.5. The number of aliphatic imine (C=N–C) groups is 1. The fourth-order valence-electron chi connectivity index (χ4n) is 4.46. The summed E-state index contributed by atoms with van der Waals surface area (Å²) in [6.45, 7) is 2.93. The molecule has 0 aromatic heterocycles. The van der Waals surface area contributed by atoms with E-state index in [0.29, 0.717) is 22.2 Å². The summed E-state index contributed by atoms with van der Waals surface area (Å²) >= 11 is 6.04. The predicted molar refractivity (Wildman–Crippen MR) is 142 cm³/mol. The molecule has 2 aromatic rings. The van der Waals surface area contributed by atoms with E-state index in [0.717, 1.165) is 43.8 Å². The van der Waals surface area contributed by atoms with E-state index in [9.17, 15) is 9.59 Å². The molecule has 3 amide bonds. The zero-order valence-electron chi connectivity index (χ0n) is 20.3. The Morgan fingerprint density at radius 1 is 1.14 bits per heavy atom. The molecule has 10 heteroatoms. The quantitative estimate of drug-likeness (QED) is 0.525. The fourth-order valence-corrected chi connectivity index (χ4v) is 4.66. The molecule has 2 N–H and O–H groups in total. The zero-order valence-corrected chi connectivity index (χ0v) is 21.1. The lowest BCUT2D eigenvalue weighted by molar-refractivity contribution is 0.102. The summed E-state index contributed by atoms with van der Waals surface area (Å²) in [7, 11) is 1.50. The van der Waals surface area contributed by atoms with Crippen molar-refractivity contribution in [1.82, 2.24) is 9.80 Å². The number of anilines is 2. The van der Waals surface area contributed by atoms with Crippen LogP contribution in [-0.4, -0.2) is 60.7 Å². The topological polar surface area (TPSA) is 86.3 Å². The van der Waals surface area contributed by atoms with Crippen molar-refractivity contribution >= 4 is 40.6 Å². The smallest absolute Gasteiger partial charge is 0.326 e. The Hall–Kier alpha value is -3.69. The van der Waals surface area contributed by atoms with Crippen LogP contribution in [0, 0.1) is 5.82 Å². The number of benzene rings is 2. The maximum atomic E-state index is 15.2. The van der Waals surface area contributed by atoms with Gasteiger partial charge in [0.15, 0.2) is 0 Å². The SMILES string of the molecule is COc1ccc(NC(=O)c2ccc(C(C3=NCC3)N3CCC3)cc2F)c(NC(=O)N2C=CC=C(Cl)C2)c1. The van der Waals surface area contributed by atoms with Gasteiger partial charge < -0.3 is 15.4 Å². The van der Waals surface area contributed by atoms with Gasteiger partial charge in [0.1, 0.15) is 11.6 Å². The van der Waals surface area contributed by atoms with Crippen LogP contribution in [0.15, 0.2) is 64.8 Å². The molecule has 0 radical (unpaired) electrons. The van der Waals surface area contributed by atoms with Crippen LogP contribution in [0.2, 0.25) is 0 Å². The van der Waals surface area contributed by atoms with Gasteiger partial charge >= 0.3 is 6.03 Å². The Labute approximate surface area is 219 Å². The Morgan fingerprint density at radius 2 is 1.95 bits per heavy atom. The van der Waals surface area contributed by atoms with E-state index in [1.165, 1.54) is 24.1 Å². The molecule has 37 heavy (non-hydrogen) atoms. The maximum Gasteiger partial charge on any atom is 0.326 e. The summed E-state index contributed by atoms with van der Waals surface area (Å²) in [6.07, 6.45) is 6.99. The number of amides is 3. The average molecular weight is 524 g/mol. The summed E-state index contributed by atoms with van der Waals surface area (Å²) in [4.78, 5) is 34.0. The number of likely N-dealkylation sites (tertiary alicyclic amines) is 1. The number of nitrogens with zero attached hydrogens (tertiary/aromatic N) is 3. The fraction of sp³-hybridized carbons (Fsp3) is 0.296. The molecule has 3 heterocycles. The van der Waals surface area contributed by atoms with E-state index in [1.54, 1.807) is 42.6 Å². The van der Waals surface area contributed by atoms with Gasteiger partial charge in [-0.1, -0.05) is 17.7 Å². The van der Waals surface area contributed by atoms with Crippen LogP contribution in [-0.2, 0) is 0 Å². The van der Waals surface area contributed by atoms with E-state index in [2.05, 4.69) is 20.5 Å². The third-order valence-corrected chi connectivity index (χ3v) is 6.90. The lowest BCUT2D eigenvalue weighted by atomic mass is 9.92. The Morgan fingerprint density at radius 3 is 2.57 bits per heavy atom. The van der Waals surface area contributed by atoms with E-state index >= 15 is 4.39 Å². The van der Waals surface area contributed by atoms with Gasteiger partial charge in [-0.05, 0) is 48.4 Å². The number of ether oxygens (including phenoxy) is 1. The minimum Gasteiger partial charge on any atom is -0.497 e. The van der Waals surface area contributed by atoms with E-state index < -0.39 is 17.8 Å². The number of nitrogens with one attached hydrogen (secondary N) is 2. The van der Waals surface area contributed by atoms with Gasteiger partial charge in [-0.15, -0.1) is 0 Å². The number of rotatable bonds is 7. The molecule has 5 rings (SSSR count). The molecule has 2 aromatic carbocycles. The third-order valence-electron chi connectivity index (χ3n) is 6.65. The van der Waals surface area contributed by atoms with Crippen molar-refractivity contribution in [2.24, 2.45) is 4.99 Å². The van der Waals surface area contributed by atoms with E-state index in [4.69, 9.17) is 16.3 Å². The minimum atomic E-state index is -0.630. The molecule has 1 atom stereocenters. The van der Waals surface area contributed by atoms with Crippen molar-refractivity contribution in [3.63, 3.8) is 0 Å². The van der Waals surface area contributed by atoms with E-state index in [-0.39, 0.29) is 18.2 Å². The number of urea groups is 1. The summed E-state index contributed by atoms with van der Waals surface area (Å²) in [5.41, 5.74) is 2.37. The predicted octanol–water partition coefficient (Wildman–Crippen LogP) is 5.16. The monoisotopic (exact) mass is 523 g/mol. The van der Waals surface area contributed by atoms with Gasteiger partial charge in [-0.25, -0.2) is 9.18 Å². The van der Waals surface area contributed by atoms with Crippen molar-refractivity contribution in [1.29, 1.82) is 0 Å². The van der Waals surface area contributed by atoms with Gasteiger partial charge in [0, 0.05) is 49.1 Å². The van der Waals surface area contributed by atoms with Crippen LogP contribution in [0.25, 0.3) is 0 Å². The molecule has 0 aliphatic carbocycles. The first-order chi connectivity index (χ1) is 17.9. The Balaban J connectivity index is 1.34.